The first-order chi connectivity index (χ1) is 12.0. The van der Waals surface area contributed by atoms with Crippen LogP contribution in [0.1, 0.15) is 89.9 Å². The van der Waals surface area contributed by atoms with Crippen molar-refractivity contribution in [1.82, 2.24) is 5.32 Å². The predicted octanol–water partition coefficient (Wildman–Crippen LogP) is 3.44. The van der Waals surface area contributed by atoms with Crippen LogP contribution in [-0.4, -0.2) is 42.9 Å². The van der Waals surface area contributed by atoms with Crippen LogP contribution in [0.15, 0.2) is 0 Å². The van der Waals surface area contributed by atoms with Gasteiger partial charge in [-0.05, 0) is 12.8 Å². The second kappa shape index (κ2) is 16.8. The van der Waals surface area contributed by atoms with Crippen LogP contribution in [0.3, 0.4) is 0 Å². The minimum Gasteiger partial charge on any atom is -0.396 e. The molecule has 6 nitrogen and oxygen atoms in total. The molecule has 0 aliphatic heterocycles. The van der Waals surface area contributed by atoms with Gasteiger partial charge < -0.3 is 10.4 Å². The summed E-state index contributed by atoms with van der Waals surface area (Å²) in [6.45, 7) is 0.289. The van der Waals surface area contributed by atoms with Crippen LogP contribution >= 0.6 is 0 Å². The highest BCUT2D eigenvalue weighted by molar-refractivity contribution is 7.85. The SMILES string of the molecule is O=C(CCCCCCCCCCCCCCCO)NCCS(=O)(=O)O. The maximum atomic E-state index is 11.4. The van der Waals surface area contributed by atoms with E-state index < -0.39 is 15.9 Å². The lowest BCUT2D eigenvalue weighted by molar-refractivity contribution is -0.121. The second-order valence-corrected chi connectivity index (χ2v) is 8.28. The van der Waals surface area contributed by atoms with E-state index in [9.17, 15) is 13.2 Å². The number of hydrogen-bond donors (Lipinski definition) is 3. The monoisotopic (exact) mass is 379 g/mol. The molecule has 0 radical (unpaired) electrons. The molecule has 25 heavy (non-hydrogen) atoms. The Morgan fingerprint density at radius 2 is 1.12 bits per heavy atom. The average Bonchev–Trinajstić information content (AvgIpc) is 2.54. The molecule has 150 valence electrons. The maximum absolute atomic E-state index is 11.4. The highest BCUT2D eigenvalue weighted by Crippen LogP contribution is 2.12. The third-order valence-corrected chi connectivity index (χ3v) is 4.96. The summed E-state index contributed by atoms with van der Waals surface area (Å²) in [5.41, 5.74) is 0. The van der Waals surface area contributed by atoms with Gasteiger partial charge in [0.25, 0.3) is 10.1 Å². The van der Waals surface area contributed by atoms with Gasteiger partial charge in [-0.2, -0.15) is 8.42 Å². The van der Waals surface area contributed by atoms with Gasteiger partial charge in [0.1, 0.15) is 0 Å². The zero-order chi connectivity index (χ0) is 18.8. The van der Waals surface area contributed by atoms with E-state index >= 15 is 0 Å². The first-order valence-electron chi connectivity index (χ1n) is 9.78. The number of aliphatic hydroxyl groups is 1. The summed E-state index contributed by atoms with van der Waals surface area (Å²) in [5.74, 6) is -0.580. The van der Waals surface area contributed by atoms with Crippen molar-refractivity contribution in [2.45, 2.75) is 89.9 Å². The molecule has 0 fully saturated rings. The quantitative estimate of drug-likeness (QED) is 0.250. The Morgan fingerprint density at radius 3 is 1.52 bits per heavy atom. The van der Waals surface area contributed by atoms with Gasteiger partial charge in [-0.15, -0.1) is 0 Å². The molecule has 0 aliphatic carbocycles. The van der Waals surface area contributed by atoms with Crippen molar-refractivity contribution >= 4 is 16.0 Å². The minimum absolute atomic E-state index is 0.0287. The molecule has 0 aromatic carbocycles. The summed E-state index contributed by atoms with van der Waals surface area (Å²) >= 11 is 0. The van der Waals surface area contributed by atoms with E-state index in [0.717, 1.165) is 32.1 Å². The number of hydrogen-bond acceptors (Lipinski definition) is 4. The Labute approximate surface area is 153 Å². The topological polar surface area (TPSA) is 104 Å². The lowest BCUT2D eigenvalue weighted by Crippen LogP contribution is -2.28. The van der Waals surface area contributed by atoms with Crippen molar-refractivity contribution < 1.29 is 22.9 Å². The molecule has 0 saturated heterocycles. The lowest BCUT2D eigenvalue weighted by atomic mass is 10.0. The summed E-state index contributed by atoms with van der Waals surface area (Å²) in [6.07, 6.45) is 15.7. The van der Waals surface area contributed by atoms with Crippen molar-refractivity contribution in [3.63, 3.8) is 0 Å². The van der Waals surface area contributed by atoms with E-state index in [1.807, 2.05) is 0 Å². The molecule has 3 N–H and O–H groups in total. The molecular weight excluding hydrogens is 342 g/mol. The first-order valence-corrected chi connectivity index (χ1v) is 11.4. The highest BCUT2D eigenvalue weighted by atomic mass is 32.2. The van der Waals surface area contributed by atoms with Gasteiger partial charge in [0.2, 0.25) is 5.91 Å². The standard InChI is InChI=1S/C18H37NO5S/c20-16-13-11-9-7-5-3-1-2-4-6-8-10-12-14-18(21)19-15-17-25(22,23)24/h20H,1-17H2,(H,19,21)(H,22,23,24). The summed E-state index contributed by atoms with van der Waals surface area (Å²) in [6, 6.07) is 0. The van der Waals surface area contributed by atoms with Crippen LogP contribution in [-0.2, 0) is 14.9 Å². The van der Waals surface area contributed by atoms with Gasteiger partial charge in [-0.3, -0.25) is 9.35 Å². The molecule has 0 atom stereocenters. The van der Waals surface area contributed by atoms with Crippen LogP contribution in [0.5, 0.6) is 0 Å². The molecule has 0 aliphatic rings. The molecule has 7 heteroatoms. The number of amides is 1. The van der Waals surface area contributed by atoms with E-state index in [1.54, 1.807) is 0 Å². The van der Waals surface area contributed by atoms with Gasteiger partial charge >= 0.3 is 0 Å². The fraction of sp³-hybridized carbons (Fsp3) is 0.944. The van der Waals surface area contributed by atoms with Gasteiger partial charge in [0, 0.05) is 19.6 Å². The molecular formula is C18H37NO5S. The Kier molecular flexibility index (Phi) is 16.3. The van der Waals surface area contributed by atoms with Gasteiger partial charge in [-0.1, -0.05) is 70.6 Å². The third kappa shape index (κ3) is 21.3. The maximum Gasteiger partial charge on any atom is 0.266 e. The molecule has 0 saturated carbocycles. The normalized spacial score (nSPS) is 11.6. The fourth-order valence-electron chi connectivity index (χ4n) is 2.75. The molecule has 1 amide bonds. The zero-order valence-corrected chi connectivity index (χ0v) is 16.4. The summed E-state index contributed by atoms with van der Waals surface area (Å²) in [7, 11) is -3.99. The number of carbonyl (C=O) groups is 1. The van der Waals surface area contributed by atoms with Crippen molar-refractivity contribution in [1.29, 1.82) is 0 Å². The Hall–Kier alpha value is -0.660. The number of nitrogens with one attached hydrogen (secondary N) is 1. The van der Waals surface area contributed by atoms with E-state index in [1.165, 1.54) is 51.4 Å². The van der Waals surface area contributed by atoms with Gasteiger partial charge in [-0.25, -0.2) is 0 Å². The fourth-order valence-corrected chi connectivity index (χ4v) is 3.11. The highest BCUT2D eigenvalue weighted by Gasteiger charge is 2.06. The summed E-state index contributed by atoms with van der Waals surface area (Å²) < 4.78 is 29.6. The number of carbonyl (C=O) groups excluding carboxylic acids is 1. The van der Waals surface area contributed by atoms with Crippen molar-refractivity contribution in [3.8, 4) is 0 Å². The van der Waals surface area contributed by atoms with Crippen molar-refractivity contribution in [2.24, 2.45) is 0 Å². The van der Waals surface area contributed by atoms with Crippen LogP contribution in [0.2, 0.25) is 0 Å². The molecule has 0 bridgehead atoms. The van der Waals surface area contributed by atoms with Gasteiger partial charge in [0.15, 0.2) is 0 Å². The number of aliphatic hydroxyl groups excluding tert-OH is 1. The first kappa shape index (κ1) is 24.3. The Balaban J connectivity index is 3.19. The van der Waals surface area contributed by atoms with Crippen LogP contribution < -0.4 is 5.32 Å². The average molecular weight is 380 g/mol. The van der Waals surface area contributed by atoms with Crippen LogP contribution in [0, 0.1) is 0 Å². The largest absolute Gasteiger partial charge is 0.396 e. The minimum atomic E-state index is -3.99. The lowest BCUT2D eigenvalue weighted by Gasteiger charge is -2.04. The molecule has 0 rings (SSSR count). The summed E-state index contributed by atoms with van der Waals surface area (Å²) in [4.78, 5) is 11.4. The summed E-state index contributed by atoms with van der Waals surface area (Å²) in [5, 5.41) is 11.2. The smallest absolute Gasteiger partial charge is 0.266 e. The number of unbranched alkanes of at least 4 members (excludes halogenated alkanes) is 12. The van der Waals surface area contributed by atoms with Gasteiger partial charge in [0.05, 0.1) is 5.75 Å². The third-order valence-electron chi connectivity index (χ3n) is 4.24. The number of rotatable bonds is 18. The molecule has 0 aromatic heterocycles. The second-order valence-electron chi connectivity index (χ2n) is 6.71. The van der Waals surface area contributed by atoms with Crippen LogP contribution in [0.25, 0.3) is 0 Å². The van der Waals surface area contributed by atoms with E-state index in [-0.39, 0.29) is 12.5 Å². The molecule has 0 heterocycles. The van der Waals surface area contributed by atoms with Crippen molar-refractivity contribution in [3.05, 3.63) is 0 Å². The van der Waals surface area contributed by atoms with E-state index in [0.29, 0.717) is 13.0 Å². The van der Waals surface area contributed by atoms with E-state index in [4.69, 9.17) is 9.66 Å². The zero-order valence-electron chi connectivity index (χ0n) is 15.5. The van der Waals surface area contributed by atoms with Crippen LogP contribution in [0.4, 0.5) is 0 Å². The molecule has 0 spiro atoms. The van der Waals surface area contributed by atoms with E-state index in [2.05, 4.69) is 5.32 Å². The predicted molar refractivity (Wildman–Crippen MR) is 101 cm³/mol. The van der Waals surface area contributed by atoms with Crippen molar-refractivity contribution in [2.75, 3.05) is 18.9 Å². The molecule has 0 aromatic rings. The Bertz CT molecular complexity index is 412. The Morgan fingerprint density at radius 1 is 0.720 bits per heavy atom. The molecule has 0 unspecified atom stereocenters.